The van der Waals surface area contributed by atoms with Crippen LogP contribution in [0.4, 0.5) is 0 Å². The van der Waals surface area contributed by atoms with Gasteiger partial charge in [-0.3, -0.25) is 4.79 Å². The lowest BCUT2D eigenvalue weighted by atomic mass is 9.98. The molecule has 1 aliphatic heterocycles. The van der Waals surface area contributed by atoms with E-state index in [1.54, 1.807) is 12.1 Å². The highest BCUT2D eigenvalue weighted by molar-refractivity contribution is 14.1. The Bertz CT molecular complexity index is 1030. The van der Waals surface area contributed by atoms with E-state index in [4.69, 9.17) is 9.15 Å². The van der Waals surface area contributed by atoms with Gasteiger partial charge in [0.25, 0.3) is 0 Å². The van der Waals surface area contributed by atoms with Gasteiger partial charge in [-0.2, -0.15) is 0 Å². The van der Waals surface area contributed by atoms with Crippen LogP contribution in [0.25, 0.3) is 22.5 Å². The van der Waals surface area contributed by atoms with Crippen LogP contribution in [0.5, 0.6) is 5.75 Å². The molecular weight excluding hydrogens is 445 g/mol. The van der Waals surface area contributed by atoms with E-state index in [1.165, 1.54) is 0 Å². The molecule has 6 heteroatoms. The number of benzene rings is 2. The molecule has 1 aliphatic rings. The number of carbonyl (C=O) groups is 1. The number of hydrogen-bond acceptors (Lipinski definition) is 4. The summed E-state index contributed by atoms with van der Waals surface area (Å²) < 4.78 is 11.9. The molecule has 130 valence electrons. The summed E-state index contributed by atoms with van der Waals surface area (Å²) in [7, 11) is 0. The van der Waals surface area contributed by atoms with E-state index in [1.807, 2.05) is 71.1 Å². The van der Waals surface area contributed by atoms with E-state index in [2.05, 4.69) is 5.32 Å². The second-order valence-electron chi connectivity index (χ2n) is 5.79. The minimum Gasteiger partial charge on any atom is -0.465 e. The van der Waals surface area contributed by atoms with E-state index in [0.717, 1.165) is 5.56 Å². The van der Waals surface area contributed by atoms with Gasteiger partial charge in [0.1, 0.15) is 5.75 Å². The highest BCUT2D eigenvalue weighted by Gasteiger charge is 2.30. The maximum Gasteiger partial charge on any atom is 0.344 e. The largest absolute Gasteiger partial charge is 0.465 e. The molecule has 1 N–H and O–H groups in total. The summed E-state index contributed by atoms with van der Waals surface area (Å²) in [6.07, 6.45) is -0.714. The normalized spacial score (nSPS) is 14.7. The second kappa shape index (κ2) is 6.95. The standard InChI is InChI=1S/C20H14INO4/c21-11-17(23)22-19-15-10-14(12-6-2-1-3-7-12)20(24)26-18(15)13-8-4-5-9-16(13)25-19/h1-10,19H,11H2,(H,22,23). The van der Waals surface area contributed by atoms with E-state index in [9.17, 15) is 9.59 Å². The zero-order valence-corrected chi connectivity index (χ0v) is 15.7. The van der Waals surface area contributed by atoms with E-state index < -0.39 is 11.9 Å². The highest BCUT2D eigenvalue weighted by Crippen LogP contribution is 2.41. The number of hydrogen-bond donors (Lipinski definition) is 1. The third-order valence-electron chi connectivity index (χ3n) is 4.13. The first-order valence-corrected chi connectivity index (χ1v) is 9.55. The smallest absolute Gasteiger partial charge is 0.344 e. The molecule has 0 fully saturated rings. The maximum atomic E-state index is 12.6. The predicted octanol–water partition coefficient (Wildman–Crippen LogP) is 3.92. The van der Waals surface area contributed by atoms with Crippen molar-refractivity contribution < 1.29 is 13.9 Å². The summed E-state index contributed by atoms with van der Waals surface area (Å²) in [5.74, 6) is 0.832. The molecule has 1 atom stereocenters. The molecule has 0 bridgehead atoms. The van der Waals surface area contributed by atoms with Crippen molar-refractivity contribution >= 4 is 28.5 Å². The van der Waals surface area contributed by atoms with Crippen molar-refractivity contribution in [3.8, 4) is 28.2 Å². The van der Waals surface area contributed by atoms with Gasteiger partial charge in [-0.1, -0.05) is 65.1 Å². The first kappa shape index (κ1) is 16.8. The summed E-state index contributed by atoms with van der Waals surface area (Å²) in [5, 5.41) is 2.83. The summed E-state index contributed by atoms with van der Waals surface area (Å²) in [4.78, 5) is 24.5. The van der Waals surface area contributed by atoms with Crippen LogP contribution in [0.2, 0.25) is 0 Å². The van der Waals surface area contributed by atoms with Gasteiger partial charge in [0.2, 0.25) is 12.1 Å². The molecule has 26 heavy (non-hydrogen) atoms. The molecule has 1 amide bonds. The summed E-state index contributed by atoms with van der Waals surface area (Å²) in [6.45, 7) is 0. The van der Waals surface area contributed by atoms with Crippen LogP contribution < -0.4 is 15.7 Å². The molecule has 2 heterocycles. The first-order valence-electron chi connectivity index (χ1n) is 8.02. The van der Waals surface area contributed by atoms with Crippen LogP contribution in [0.1, 0.15) is 11.8 Å². The average molecular weight is 459 g/mol. The topological polar surface area (TPSA) is 68.5 Å². The van der Waals surface area contributed by atoms with Gasteiger partial charge in [-0.15, -0.1) is 0 Å². The lowest BCUT2D eigenvalue weighted by Gasteiger charge is -2.28. The molecule has 3 aromatic rings. The number of halogens is 1. The number of fused-ring (bicyclic) bond motifs is 3. The van der Waals surface area contributed by atoms with E-state index in [0.29, 0.717) is 32.6 Å². The number of rotatable bonds is 3. The zero-order chi connectivity index (χ0) is 18.1. The summed E-state index contributed by atoms with van der Waals surface area (Å²) in [6, 6.07) is 18.3. The number of amides is 1. The number of carbonyl (C=O) groups excluding carboxylic acids is 1. The Morgan fingerprint density at radius 2 is 1.77 bits per heavy atom. The zero-order valence-electron chi connectivity index (χ0n) is 13.6. The van der Waals surface area contributed by atoms with Gasteiger partial charge in [0, 0.05) is 0 Å². The maximum absolute atomic E-state index is 12.6. The average Bonchev–Trinajstić information content (AvgIpc) is 2.68. The van der Waals surface area contributed by atoms with Crippen LogP contribution in [0, 0.1) is 0 Å². The minimum atomic E-state index is -0.714. The van der Waals surface area contributed by atoms with Gasteiger partial charge in [-0.05, 0) is 23.8 Å². The van der Waals surface area contributed by atoms with Crippen LogP contribution in [0.15, 0.2) is 69.9 Å². The number of alkyl halides is 1. The Kier molecular flexibility index (Phi) is 4.50. The fourth-order valence-electron chi connectivity index (χ4n) is 2.95. The molecule has 1 unspecified atom stereocenters. The lowest BCUT2D eigenvalue weighted by molar-refractivity contribution is -0.120. The van der Waals surface area contributed by atoms with Gasteiger partial charge in [-0.25, -0.2) is 4.79 Å². The van der Waals surface area contributed by atoms with Gasteiger partial charge >= 0.3 is 5.63 Å². The van der Waals surface area contributed by atoms with Crippen molar-refractivity contribution in [2.45, 2.75) is 6.23 Å². The van der Waals surface area contributed by atoms with Crippen molar-refractivity contribution in [3.63, 3.8) is 0 Å². The van der Waals surface area contributed by atoms with Crippen LogP contribution in [0.3, 0.4) is 0 Å². The van der Waals surface area contributed by atoms with Gasteiger partial charge in [0.05, 0.1) is 21.1 Å². The van der Waals surface area contributed by atoms with Crippen molar-refractivity contribution in [2.24, 2.45) is 0 Å². The quantitative estimate of drug-likeness (QED) is 0.477. The van der Waals surface area contributed by atoms with Gasteiger partial charge in [0.15, 0.2) is 5.76 Å². The fraction of sp³-hybridized carbons (Fsp3) is 0.100. The van der Waals surface area contributed by atoms with E-state index in [-0.39, 0.29) is 5.91 Å². The highest BCUT2D eigenvalue weighted by atomic mass is 127. The minimum absolute atomic E-state index is 0.159. The number of ether oxygens (including phenoxy) is 1. The molecule has 5 nitrogen and oxygen atoms in total. The Morgan fingerprint density at radius 3 is 2.54 bits per heavy atom. The number of para-hydroxylation sites is 1. The molecule has 2 aromatic carbocycles. The van der Waals surface area contributed by atoms with E-state index >= 15 is 0 Å². The molecule has 0 radical (unpaired) electrons. The molecular formula is C20H14INO4. The SMILES string of the molecule is O=C(CI)NC1Oc2ccccc2-c2oc(=O)c(-c3ccccc3)cc21. The van der Waals surface area contributed by atoms with Crippen LogP contribution in [-0.4, -0.2) is 10.3 Å². The Hall–Kier alpha value is -2.61. The molecule has 0 saturated carbocycles. The molecule has 0 saturated heterocycles. The third-order valence-corrected chi connectivity index (χ3v) is 4.83. The predicted molar refractivity (Wildman–Crippen MR) is 106 cm³/mol. The molecule has 0 aliphatic carbocycles. The fourth-order valence-corrected chi connectivity index (χ4v) is 3.17. The lowest BCUT2D eigenvalue weighted by Crippen LogP contribution is -2.35. The van der Waals surface area contributed by atoms with Crippen molar-refractivity contribution in [3.05, 3.63) is 76.6 Å². The second-order valence-corrected chi connectivity index (χ2v) is 6.56. The molecule has 4 rings (SSSR count). The summed E-state index contributed by atoms with van der Waals surface area (Å²) >= 11 is 1.99. The van der Waals surface area contributed by atoms with Crippen LogP contribution >= 0.6 is 22.6 Å². The molecule has 0 spiro atoms. The Morgan fingerprint density at radius 1 is 1.04 bits per heavy atom. The molecule has 1 aromatic heterocycles. The van der Waals surface area contributed by atoms with Gasteiger partial charge < -0.3 is 14.5 Å². The first-order chi connectivity index (χ1) is 12.7. The Labute approximate surface area is 163 Å². The van der Waals surface area contributed by atoms with Crippen molar-refractivity contribution in [2.75, 3.05) is 4.43 Å². The summed E-state index contributed by atoms with van der Waals surface area (Å²) in [5.41, 5.74) is 2.08. The van der Waals surface area contributed by atoms with Crippen LogP contribution in [-0.2, 0) is 4.79 Å². The van der Waals surface area contributed by atoms with Crippen molar-refractivity contribution in [1.29, 1.82) is 0 Å². The third kappa shape index (κ3) is 3.01. The van der Waals surface area contributed by atoms with Crippen molar-refractivity contribution in [1.82, 2.24) is 5.32 Å². The monoisotopic (exact) mass is 459 g/mol. The number of nitrogens with one attached hydrogen (secondary N) is 1. The Balaban J connectivity index is 1.91.